The molecule has 0 saturated heterocycles. The van der Waals surface area contributed by atoms with E-state index in [0.717, 1.165) is 31.1 Å². The number of nitrogens with zero attached hydrogens (tertiary/aromatic N) is 4. The smallest absolute Gasteiger partial charge is 0.232 e. The predicted molar refractivity (Wildman–Crippen MR) is 103 cm³/mol. The summed E-state index contributed by atoms with van der Waals surface area (Å²) in [4.78, 5) is 8.59. The standard InChI is InChI=1S/C20H21N5O3/c1-26-19-14-10-22-9-8-16(14)28-20(19)15-11-23-17-6-7-18(24-25(15)17)27-13-4-2-12(21)3-5-13/h6-13H,2-5,21H2,1H3. The maximum Gasteiger partial charge on any atom is 0.232 e. The van der Waals surface area contributed by atoms with E-state index in [-0.39, 0.29) is 12.1 Å². The third-order valence-corrected chi connectivity index (χ3v) is 5.22. The van der Waals surface area contributed by atoms with Gasteiger partial charge in [-0.05, 0) is 37.8 Å². The second kappa shape index (κ2) is 6.79. The van der Waals surface area contributed by atoms with Gasteiger partial charge in [0.15, 0.2) is 17.2 Å². The summed E-state index contributed by atoms with van der Waals surface area (Å²) in [5.41, 5.74) is 8.08. The molecule has 144 valence electrons. The van der Waals surface area contributed by atoms with E-state index in [1.165, 1.54) is 0 Å². The Bertz CT molecular complexity index is 1130. The monoisotopic (exact) mass is 379 g/mol. The third kappa shape index (κ3) is 2.86. The Balaban J connectivity index is 1.54. The Morgan fingerprint density at radius 1 is 1.14 bits per heavy atom. The molecule has 0 radical (unpaired) electrons. The number of imidazole rings is 1. The minimum Gasteiger partial charge on any atom is -0.492 e. The van der Waals surface area contributed by atoms with Crippen LogP contribution in [-0.4, -0.2) is 38.8 Å². The van der Waals surface area contributed by atoms with Crippen molar-refractivity contribution in [3.05, 3.63) is 36.8 Å². The predicted octanol–water partition coefficient (Wildman–Crippen LogP) is 3.19. The zero-order chi connectivity index (χ0) is 19.1. The molecule has 0 aromatic carbocycles. The number of hydrogen-bond donors (Lipinski definition) is 1. The average Bonchev–Trinajstić information content (AvgIpc) is 3.30. The molecule has 2 N–H and O–H groups in total. The lowest BCUT2D eigenvalue weighted by molar-refractivity contribution is 0.139. The SMILES string of the molecule is COc1c(-c2cnc3ccc(OC4CCC(N)CC4)nn23)oc2ccncc12. The summed E-state index contributed by atoms with van der Waals surface area (Å²) in [6.07, 6.45) is 9.12. The number of furan rings is 1. The van der Waals surface area contributed by atoms with Gasteiger partial charge in [0.1, 0.15) is 17.4 Å². The Morgan fingerprint density at radius 3 is 2.82 bits per heavy atom. The molecule has 1 saturated carbocycles. The van der Waals surface area contributed by atoms with Crippen molar-refractivity contribution in [2.75, 3.05) is 7.11 Å². The van der Waals surface area contributed by atoms with Crippen LogP contribution in [0, 0.1) is 0 Å². The summed E-state index contributed by atoms with van der Waals surface area (Å²) in [7, 11) is 1.61. The summed E-state index contributed by atoms with van der Waals surface area (Å²) < 4.78 is 19.4. The van der Waals surface area contributed by atoms with Crippen molar-refractivity contribution in [2.24, 2.45) is 5.73 Å². The Labute approximate surface area is 161 Å². The molecule has 4 aromatic heterocycles. The number of pyridine rings is 1. The lowest BCUT2D eigenvalue weighted by Crippen LogP contribution is -2.31. The first-order valence-electron chi connectivity index (χ1n) is 9.41. The maximum atomic E-state index is 6.10. The summed E-state index contributed by atoms with van der Waals surface area (Å²) in [5, 5.41) is 5.45. The van der Waals surface area contributed by atoms with Crippen LogP contribution in [0.3, 0.4) is 0 Å². The van der Waals surface area contributed by atoms with E-state index in [4.69, 9.17) is 19.6 Å². The van der Waals surface area contributed by atoms with Crippen LogP contribution in [0.5, 0.6) is 11.6 Å². The van der Waals surface area contributed by atoms with E-state index in [0.29, 0.717) is 34.3 Å². The highest BCUT2D eigenvalue weighted by molar-refractivity contribution is 5.90. The molecule has 1 aliphatic rings. The fraction of sp³-hybridized carbons (Fsp3) is 0.350. The average molecular weight is 379 g/mol. The molecule has 0 amide bonds. The molecule has 0 aliphatic heterocycles. The van der Waals surface area contributed by atoms with Gasteiger partial charge in [-0.3, -0.25) is 4.98 Å². The van der Waals surface area contributed by atoms with Crippen molar-refractivity contribution in [1.82, 2.24) is 19.6 Å². The molecular formula is C20H21N5O3. The van der Waals surface area contributed by atoms with E-state index < -0.39 is 0 Å². The molecule has 0 spiro atoms. The molecular weight excluding hydrogens is 358 g/mol. The molecule has 1 fully saturated rings. The zero-order valence-corrected chi connectivity index (χ0v) is 15.5. The van der Waals surface area contributed by atoms with Gasteiger partial charge in [0, 0.05) is 24.5 Å². The van der Waals surface area contributed by atoms with Crippen molar-refractivity contribution >= 4 is 16.6 Å². The second-order valence-corrected chi connectivity index (χ2v) is 7.08. The highest BCUT2D eigenvalue weighted by Gasteiger charge is 2.23. The minimum absolute atomic E-state index is 0.142. The highest BCUT2D eigenvalue weighted by Crippen LogP contribution is 2.39. The van der Waals surface area contributed by atoms with E-state index in [1.54, 1.807) is 36.3 Å². The van der Waals surface area contributed by atoms with Gasteiger partial charge in [-0.2, -0.15) is 0 Å². The Kier molecular flexibility index (Phi) is 4.12. The van der Waals surface area contributed by atoms with Gasteiger partial charge in [-0.1, -0.05) is 0 Å². The number of methoxy groups -OCH3 is 1. The van der Waals surface area contributed by atoms with Crippen LogP contribution in [0.1, 0.15) is 25.7 Å². The number of aromatic nitrogens is 4. The van der Waals surface area contributed by atoms with Crippen LogP contribution >= 0.6 is 0 Å². The van der Waals surface area contributed by atoms with Crippen molar-refractivity contribution in [1.29, 1.82) is 0 Å². The molecule has 28 heavy (non-hydrogen) atoms. The normalized spacial score (nSPS) is 19.9. The number of fused-ring (bicyclic) bond motifs is 2. The molecule has 4 aromatic rings. The Hall–Kier alpha value is -3.13. The summed E-state index contributed by atoms with van der Waals surface area (Å²) in [5.74, 6) is 1.73. The van der Waals surface area contributed by atoms with Gasteiger partial charge in [-0.25, -0.2) is 9.50 Å². The Morgan fingerprint density at radius 2 is 2.00 bits per heavy atom. The molecule has 8 heteroatoms. The first kappa shape index (κ1) is 17.0. The van der Waals surface area contributed by atoms with Crippen LogP contribution in [0.4, 0.5) is 0 Å². The largest absolute Gasteiger partial charge is 0.492 e. The second-order valence-electron chi connectivity index (χ2n) is 7.08. The van der Waals surface area contributed by atoms with Crippen molar-refractivity contribution in [3.63, 3.8) is 0 Å². The highest BCUT2D eigenvalue weighted by atomic mass is 16.5. The molecule has 8 nitrogen and oxygen atoms in total. The van der Waals surface area contributed by atoms with Crippen molar-refractivity contribution < 1.29 is 13.9 Å². The van der Waals surface area contributed by atoms with Crippen LogP contribution in [-0.2, 0) is 0 Å². The molecule has 5 rings (SSSR count). The number of nitrogens with two attached hydrogens (primary N) is 1. The van der Waals surface area contributed by atoms with E-state index >= 15 is 0 Å². The van der Waals surface area contributed by atoms with Crippen LogP contribution < -0.4 is 15.2 Å². The number of rotatable bonds is 4. The van der Waals surface area contributed by atoms with Crippen molar-refractivity contribution in [2.45, 2.75) is 37.8 Å². The van der Waals surface area contributed by atoms with Gasteiger partial charge in [-0.15, -0.1) is 5.10 Å². The summed E-state index contributed by atoms with van der Waals surface area (Å²) in [6, 6.07) is 5.82. The van der Waals surface area contributed by atoms with Gasteiger partial charge >= 0.3 is 0 Å². The summed E-state index contributed by atoms with van der Waals surface area (Å²) >= 11 is 0. The molecule has 1 aliphatic carbocycles. The lowest BCUT2D eigenvalue weighted by Gasteiger charge is -2.26. The first-order valence-corrected chi connectivity index (χ1v) is 9.41. The molecule has 0 bridgehead atoms. The van der Waals surface area contributed by atoms with Crippen LogP contribution in [0.25, 0.3) is 28.1 Å². The first-order chi connectivity index (χ1) is 13.7. The van der Waals surface area contributed by atoms with E-state index in [1.807, 2.05) is 12.1 Å². The summed E-state index contributed by atoms with van der Waals surface area (Å²) in [6.45, 7) is 0. The zero-order valence-electron chi connectivity index (χ0n) is 15.5. The van der Waals surface area contributed by atoms with Crippen LogP contribution in [0.15, 0.2) is 41.2 Å². The van der Waals surface area contributed by atoms with E-state index in [2.05, 4.69) is 15.1 Å². The van der Waals surface area contributed by atoms with Gasteiger partial charge in [0.25, 0.3) is 0 Å². The topological polar surface area (TPSA) is 101 Å². The molecule has 4 heterocycles. The minimum atomic E-state index is 0.142. The van der Waals surface area contributed by atoms with Gasteiger partial charge in [0.2, 0.25) is 5.88 Å². The fourth-order valence-corrected chi connectivity index (χ4v) is 3.74. The van der Waals surface area contributed by atoms with E-state index in [9.17, 15) is 0 Å². The lowest BCUT2D eigenvalue weighted by atomic mass is 9.94. The molecule has 0 atom stereocenters. The van der Waals surface area contributed by atoms with Crippen LogP contribution in [0.2, 0.25) is 0 Å². The fourth-order valence-electron chi connectivity index (χ4n) is 3.74. The number of hydrogen-bond acceptors (Lipinski definition) is 7. The third-order valence-electron chi connectivity index (χ3n) is 5.22. The van der Waals surface area contributed by atoms with Gasteiger partial charge < -0.3 is 19.6 Å². The quantitative estimate of drug-likeness (QED) is 0.581. The van der Waals surface area contributed by atoms with Crippen molar-refractivity contribution in [3.8, 4) is 23.1 Å². The maximum absolute atomic E-state index is 6.10. The number of ether oxygens (including phenoxy) is 2. The van der Waals surface area contributed by atoms with Gasteiger partial charge in [0.05, 0.1) is 18.7 Å². The molecule has 0 unspecified atom stereocenters.